The third-order valence-electron chi connectivity index (χ3n) is 2.73. The van der Waals surface area contributed by atoms with Gasteiger partial charge in [-0.3, -0.25) is 0 Å². The molecule has 0 aromatic heterocycles. The predicted molar refractivity (Wildman–Crippen MR) is 66.4 cm³/mol. The Hall–Kier alpha value is -0.781. The average Bonchev–Trinajstić information content (AvgIpc) is 3.06. The van der Waals surface area contributed by atoms with Crippen LogP contribution in [-0.2, 0) is 17.1 Å². The van der Waals surface area contributed by atoms with Crippen molar-refractivity contribution in [2.45, 2.75) is 25.7 Å². The maximum atomic E-state index is 2.36. The third kappa shape index (κ3) is 4.00. The Bertz CT molecular complexity index is 344. The predicted octanol–water partition coefficient (Wildman–Crippen LogP) is 4.30. The van der Waals surface area contributed by atoms with Gasteiger partial charge in [0.25, 0.3) is 0 Å². The van der Waals surface area contributed by atoms with Gasteiger partial charge in [0.05, 0.1) is 0 Å². The zero-order valence-corrected chi connectivity index (χ0v) is 10.5. The SMILES string of the molecule is C1=CCC=C1.[CH]1C=CC=C1C1=CCCC1.[Fe]. The first kappa shape index (κ1) is 13.3. The van der Waals surface area contributed by atoms with Crippen LogP contribution in [0.3, 0.4) is 0 Å². The number of allylic oxidation sites excluding steroid dienone is 10. The molecule has 0 N–H and O–H groups in total. The summed E-state index contributed by atoms with van der Waals surface area (Å²) in [5, 5.41) is 0. The van der Waals surface area contributed by atoms with Gasteiger partial charge in [-0.15, -0.1) is 0 Å². The van der Waals surface area contributed by atoms with Crippen molar-refractivity contribution in [2.75, 3.05) is 0 Å². The van der Waals surface area contributed by atoms with E-state index in [0.29, 0.717) is 0 Å². The smallest absolute Gasteiger partial charge is 0.0127 e. The van der Waals surface area contributed by atoms with Crippen molar-refractivity contribution < 1.29 is 17.1 Å². The molecule has 0 unspecified atom stereocenters. The van der Waals surface area contributed by atoms with Gasteiger partial charge in [-0.05, 0) is 36.8 Å². The van der Waals surface area contributed by atoms with Crippen molar-refractivity contribution in [3.63, 3.8) is 0 Å². The minimum atomic E-state index is 0. The Morgan fingerprint density at radius 2 is 1.75 bits per heavy atom. The molecule has 0 spiro atoms. The van der Waals surface area contributed by atoms with E-state index in [9.17, 15) is 0 Å². The van der Waals surface area contributed by atoms with Crippen molar-refractivity contribution in [1.29, 1.82) is 0 Å². The van der Waals surface area contributed by atoms with E-state index in [-0.39, 0.29) is 17.1 Å². The van der Waals surface area contributed by atoms with Crippen LogP contribution in [0.1, 0.15) is 25.7 Å². The Balaban J connectivity index is 0.000000183. The van der Waals surface area contributed by atoms with Crippen LogP contribution in [0.2, 0.25) is 0 Å². The van der Waals surface area contributed by atoms with Crippen molar-refractivity contribution >= 4 is 0 Å². The van der Waals surface area contributed by atoms with Gasteiger partial charge in [0.1, 0.15) is 0 Å². The summed E-state index contributed by atoms with van der Waals surface area (Å²) in [5.41, 5.74) is 2.97. The molecule has 3 rings (SSSR count). The Morgan fingerprint density at radius 1 is 0.938 bits per heavy atom. The van der Waals surface area contributed by atoms with Gasteiger partial charge >= 0.3 is 0 Å². The van der Waals surface area contributed by atoms with E-state index in [1.54, 1.807) is 5.57 Å². The van der Waals surface area contributed by atoms with E-state index in [1.807, 2.05) is 0 Å². The summed E-state index contributed by atoms with van der Waals surface area (Å²) in [7, 11) is 0. The van der Waals surface area contributed by atoms with Crippen LogP contribution in [0.25, 0.3) is 0 Å². The van der Waals surface area contributed by atoms with Gasteiger partial charge < -0.3 is 0 Å². The molecule has 0 atom stereocenters. The summed E-state index contributed by atoms with van der Waals surface area (Å²) < 4.78 is 0. The van der Waals surface area contributed by atoms with Crippen LogP contribution >= 0.6 is 0 Å². The van der Waals surface area contributed by atoms with Crippen LogP contribution in [0, 0.1) is 6.42 Å². The van der Waals surface area contributed by atoms with Crippen molar-refractivity contribution in [3.8, 4) is 0 Å². The zero-order valence-electron chi connectivity index (χ0n) is 9.38. The van der Waals surface area contributed by atoms with Crippen molar-refractivity contribution in [3.05, 3.63) is 66.2 Å². The maximum absolute atomic E-state index is 2.36. The molecule has 3 aliphatic rings. The molecular formula is C15H17Fe. The van der Waals surface area contributed by atoms with Crippen LogP contribution < -0.4 is 0 Å². The largest absolute Gasteiger partial charge is 0.0810 e. The molecule has 0 aliphatic heterocycles. The van der Waals surface area contributed by atoms with Crippen LogP contribution in [-0.4, -0.2) is 0 Å². The molecule has 0 aromatic carbocycles. The number of hydrogen-bond donors (Lipinski definition) is 0. The van der Waals surface area contributed by atoms with E-state index < -0.39 is 0 Å². The molecule has 85 valence electrons. The van der Waals surface area contributed by atoms with Gasteiger partial charge in [-0.2, -0.15) is 0 Å². The molecule has 16 heavy (non-hydrogen) atoms. The number of hydrogen-bond acceptors (Lipinski definition) is 0. The Morgan fingerprint density at radius 3 is 2.19 bits per heavy atom. The fourth-order valence-corrected chi connectivity index (χ4v) is 1.91. The second-order valence-corrected chi connectivity index (χ2v) is 3.89. The molecule has 0 nitrogen and oxygen atoms in total. The third-order valence-corrected chi connectivity index (χ3v) is 2.73. The summed E-state index contributed by atoms with van der Waals surface area (Å²) in [4.78, 5) is 0. The Labute approximate surface area is 109 Å². The normalized spacial score (nSPS) is 20.0. The average molecular weight is 253 g/mol. The molecule has 0 bridgehead atoms. The zero-order chi connectivity index (χ0) is 10.3. The van der Waals surface area contributed by atoms with Gasteiger partial charge in [0, 0.05) is 23.5 Å². The van der Waals surface area contributed by atoms with Crippen molar-refractivity contribution in [2.24, 2.45) is 0 Å². The first-order valence-electron chi connectivity index (χ1n) is 5.69. The van der Waals surface area contributed by atoms with Crippen LogP contribution in [0.15, 0.2) is 59.8 Å². The second-order valence-electron chi connectivity index (χ2n) is 3.89. The first-order valence-corrected chi connectivity index (χ1v) is 5.69. The molecule has 1 heteroatoms. The summed E-state index contributed by atoms with van der Waals surface area (Å²) in [6.07, 6.45) is 24.4. The molecule has 0 saturated heterocycles. The molecule has 0 heterocycles. The van der Waals surface area contributed by atoms with Crippen molar-refractivity contribution in [1.82, 2.24) is 0 Å². The minimum absolute atomic E-state index is 0. The quantitative estimate of drug-likeness (QED) is 0.611. The fourth-order valence-electron chi connectivity index (χ4n) is 1.91. The molecule has 0 amide bonds. The minimum Gasteiger partial charge on any atom is -0.0810 e. The maximum Gasteiger partial charge on any atom is 0.0127 e. The summed E-state index contributed by atoms with van der Waals surface area (Å²) in [5.74, 6) is 0. The van der Waals surface area contributed by atoms with Gasteiger partial charge in [-0.25, -0.2) is 0 Å². The Kier molecular flexibility index (Phi) is 6.22. The second kappa shape index (κ2) is 7.49. The molecule has 0 saturated carbocycles. The first-order chi connectivity index (χ1) is 7.47. The van der Waals surface area contributed by atoms with Gasteiger partial charge in [0.15, 0.2) is 0 Å². The molecular weight excluding hydrogens is 236 g/mol. The fraction of sp³-hybridized carbons (Fsp3) is 0.267. The molecule has 3 aliphatic carbocycles. The van der Waals surface area contributed by atoms with E-state index in [1.165, 1.54) is 24.8 Å². The summed E-state index contributed by atoms with van der Waals surface area (Å²) in [6.45, 7) is 0. The topological polar surface area (TPSA) is 0 Å². The molecule has 0 fully saturated rings. The van der Waals surface area contributed by atoms with Gasteiger partial charge in [0.2, 0.25) is 0 Å². The van der Waals surface area contributed by atoms with Crippen LogP contribution in [0.5, 0.6) is 0 Å². The van der Waals surface area contributed by atoms with E-state index in [0.717, 1.165) is 6.42 Å². The monoisotopic (exact) mass is 253 g/mol. The van der Waals surface area contributed by atoms with E-state index in [2.05, 4.69) is 55.0 Å². The molecule has 0 aromatic rings. The van der Waals surface area contributed by atoms with E-state index >= 15 is 0 Å². The van der Waals surface area contributed by atoms with Gasteiger partial charge in [-0.1, -0.05) is 48.6 Å². The molecule has 1 radical (unpaired) electrons. The van der Waals surface area contributed by atoms with E-state index in [4.69, 9.17) is 0 Å². The summed E-state index contributed by atoms with van der Waals surface area (Å²) >= 11 is 0. The summed E-state index contributed by atoms with van der Waals surface area (Å²) in [6, 6.07) is 0. The standard InChI is InChI=1S/C10H11.C5H6.Fe/c1-2-6-9(5-1)10-7-3-4-8-10;1-2-4-5-3-1;/h1-2,5-7H,3-4,8H2;1-4H,5H2;. The van der Waals surface area contributed by atoms with Crippen LogP contribution in [0.4, 0.5) is 0 Å². The number of rotatable bonds is 1.